The molecule has 1 aromatic heterocycles. The summed E-state index contributed by atoms with van der Waals surface area (Å²) in [6, 6.07) is 11.2. The van der Waals surface area contributed by atoms with E-state index in [0.717, 1.165) is 38.4 Å². The molecule has 126 valence electrons. The van der Waals surface area contributed by atoms with Crippen LogP contribution in [0.3, 0.4) is 0 Å². The van der Waals surface area contributed by atoms with Crippen LogP contribution in [0.25, 0.3) is 10.9 Å². The summed E-state index contributed by atoms with van der Waals surface area (Å²) in [5, 5.41) is 1.58. The highest BCUT2D eigenvalue weighted by atomic mass is 35.5. The van der Waals surface area contributed by atoms with E-state index in [4.69, 9.17) is 16.6 Å². The zero-order valence-corrected chi connectivity index (χ0v) is 15.1. The Labute approximate surface area is 151 Å². The fourth-order valence-electron chi connectivity index (χ4n) is 3.46. The maximum absolute atomic E-state index is 13.9. The Morgan fingerprint density at radius 2 is 1.92 bits per heavy atom. The molecule has 0 radical (unpaired) electrons. The van der Waals surface area contributed by atoms with E-state index < -0.39 is 0 Å². The van der Waals surface area contributed by atoms with Crippen LogP contribution < -0.4 is 0 Å². The molecule has 4 heteroatoms. The number of benzene rings is 2. The second kappa shape index (κ2) is 5.92. The monoisotopic (exact) mass is 352 g/mol. The van der Waals surface area contributed by atoms with Gasteiger partial charge in [0.15, 0.2) is 0 Å². The minimum absolute atomic E-state index is 0.116. The van der Waals surface area contributed by atoms with Crippen LogP contribution in [0.4, 0.5) is 4.39 Å². The van der Waals surface area contributed by atoms with E-state index in [0.29, 0.717) is 5.52 Å². The van der Waals surface area contributed by atoms with Crippen LogP contribution in [0.2, 0.25) is 5.02 Å². The molecule has 0 bridgehead atoms. The molecule has 2 heterocycles. The molecule has 1 aliphatic rings. The van der Waals surface area contributed by atoms with Gasteiger partial charge in [0.25, 0.3) is 0 Å². The van der Waals surface area contributed by atoms with E-state index in [1.54, 1.807) is 12.3 Å². The van der Waals surface area contributed by atoms with Crippen molar-refractivity contribution in [3.05, 3.63) is 75.7 Å². The first kappa shape index (κ1) is 16.2. The largest absolute Gasteiger partial charge is 0.280 e. The quantitative estimate of drug-likeness (QED) is 0.553. The predicted octanol–water partition coefficient (Wildman–Crippen LogP) is 5.68. The molecule has 25 heavy (non-hydrogen) atoms. The molecule has 0 saturated heterocycles. The van der Waals surface area contributed by atoms with Crippen LogP contribution in [-0.4, -0.2) is 16.7 Å². The number of hydrogen-bond donors (Lipinski definition) is 0. The Kier molecular flexibility index (Phi) is 3.84. The van der Waals surface area contributed by atoms with Gasteiger partial charge in [-0.25, -0.2) is 4.39 Å². The van der Waals surface area contributed by atoms with Gasteiger partial charge in [-0.2, -0.15) is 0 Å². The average Bonchev–Trinajstić information content (AvgIpc) is 2.60. The molecule has 2 unspecified atom stereocenters. The molecule has 0 amide bonds. The van der Waals surface area contributed by atoms with Crippen LogP contribution >= 0.6 is 11.6 Å². The number of aryl methyl sites for hydroxylation is 1. The van der Waals surface area contributed by atoms with Crippen LogP contribution in [0.1, 0.15) is 42.0 Å². The van der Waals surface area contributed by atoms with Crippen molar-refractivity contribution in [2.75, 3.05) is 0 Å². The Morgan fingerprint density at radius 1 is 1.12 bits per heavy atom. The van der Waals surface area contributed by atoms with Crippen molar-refractivity contribution in [2.24, 2.45) is 4.99 Å². The number of para-hydroxylation sites is 1. The van der Waals surface area contributed by atoms with Crippen molar-refractivity contribution < 1.29 is 4.39 Å². The molecule has 0 fully saturated rings. The van der Waals surface area contributed by atoms with E-state index in [-0.39, 0.29) is 17.8 Å². The SMILES string of the molecule is Cc1ccc2c(c1Cl)C(C)C(C)N=C2c1cnc2c(F)cccc2c1. The smallest absolute Gasteiger partial charge is 0.149 e. The molecule has 0 saturated carbocycles. The summed E-state index contributed by atoms with van der Waals surface area (Å²) in [5.74, 6) is -0.0623. The highest BCUT2D eigenvalue weighted by Gasteiger charge is 2.28. The van der Waals surface area contributed by atoms with Crippen molar-refractivity contribution in [3.63, 3.8) is 0 Å². The fourth-order valence-corrected chi connectivity index (χ4v) is 3.80. The zero-order chi connectivity index (χ0) is 17.7. The fraction of sp³-hybridized carbons (Fsp3) is 0.238. The summed E-state index contributed by atoms with van der Waals surface area (Å²) in [6.07, 6.45) is 1.70. The van der Waals surface area contributed by atoms with Gasteiger partial charge in [-0.15, -0.1) is 0 Å². The van der Waals surface area contributed by atoms with E-state index in [2.05, 4.69) is 24.9 Å². The van der Waals surface area contributed by atoms with Crippen LogP contribution in [0.15, 0.2) is 47.6 Å². The van der Waals surface area contributed by atoms with Gasteiger partial charge >= 0.3 is 0 Å². The molecule has 2 nitrogen and oxygen atoms in total. The van der Waals surface area contributed by atoms with Gasteiger partial charge < -0.3 is 0 Å². The lowest BCUT2D eigenvalue weighted by atomic mass is 9.83. The van der Waals surface area contributed by atoms with Crippen molar-refractivity contribution >= 4 is 28.2 Å². The Bertz CT molecular complexity index is 1030. The molecular weight excluding hydrogens is 335 g/mol. The first-order valence-electron chi connectivity index (χ1n) is 8.39. The molecule has 3 aromatic rings. The summed E-state index contributed by atoms with van der Waals surface area (Å²) < 4.78 is 13.9. The number of rotatable bonds is 1. The van der Waals surface area contributed by atoms with Gasteiger partial charge in [-0.3, -0.25) is 9.98 Å². The van der Waals surface area contributed by atoms with Gasteiger partial charge in [0.2, 0.25) is 0 Å². The first-order chi connectivity index (χ1) is 12.0. The number of hydrogen-bond acceptors (Lipinski definition) is 2. The van der Waals surface area contributed by atoms with Crippen LogP contribution in [-0.2, 0) is 0 Å². The molecule has 0 aliphatic carbocycles. The zero-order valence-electron chi connectivity index (χ0n) is 14.3. The van der Waals surface area contributed by atoms with Crippen molar-refractivity contribution in [3.8, 4) is 0 Å². The molecule has 2 atom stereocenters. The molecular formula is C21H18ClFN2. The van der Waals surface area contributed by atoms with Gasteiger partial charge in [-0.05, 0) is 37.1 Å². The minimum atomic E-state index is -0.310. The number of aromatic nitrogens is 1. The predicted molar refractivity (Wildman–Crippen MR) is 101 cm³/mol. The summed E-state index contributed by atoms with van der Waals surface area (Å²) in [7, 11) is 0. The second-order valence-electron chi connectivity index (χ2n) is 6.70. The minimum Gasteiger partial charge on any atom is -0.280 e. The van der Waals surface area contributed by atoms with Crippen molar-refractivity contribution in [1.29, 1.82) is 0 Å². The summed E-state index contributed by atoms with van der Waals surface area (Å²) in [5.41, 5.74) is 5.39. The van der Waals surface area contributed by atoms with Crippen LogP contribution in [0.5, 0.6) is 0 Å². The van der Waals surface area contributed by atoms with Gasteiger partial charge in [0.05, 0.1) is 11.8 Å². The standard InChI is InChI=1S/C21H18ClFN2/c1-11-7-8-16-18(19(11)22)12(2)13(3)25-20(16)15-9-14-5-4-6-17(23)21(14)24-10-15/h4-10,12-13H,1-3H3. The Morgan fingerprint density at radius 3 is 2.72 bits per heavy atom. The van der Waals surface area contributed by atoms with E-state index in [1.807, 2.05) is 25.1 Å². The lowest BCUT2D eigenvalue weighted by Gasteiger charge is -2.29. The molecule has 1 aliphatic heterocycles. The Hall–Kier alpha value is -2.26. The van der Waals surface area contributed by atoms with Gasteiger partial charge in [0, 0.05) is 33.7 Å². The lowest BCUT2D eigenvalue weighted by Crippen LogP contribution is -2.24. The number of pyridine rings is 1. The average molecular weight is 353 g/mol. The molecule has 4 rings (SSSR count). The molecule has 2 aromatic carbocycles. The first-order valence-corrected chi connectivity index (χ1v) is 8.77. The highest BCUT2D eigenvalue weighted by molar-refractivity contribution is 6.33. The van der Waals surface area contributed by atoms with E-state index in [9.17, 15) is 4.39 Å². The van der Waals surface area contributed by atoms with Crippen molar-refractivity contribution in [1.82, 2.24) is 4.98 Å². The summed E-state index contributed by atoms with van der Waals surface area (Å²) >= 11 is 6.62. The molecule has 0 spiro atoms. The van der Waals surface area contributed by atoms with Gasteiger partial charge in [-0.1, -0.05) is 42.8 Å². The number of nitrogens with zero attached hydrogens (tertiary/aromatic N) is 2. The number of fused-ring (bicyclic) bond motifs is 2. The molecule has 0 N–H and O–H groups in total. The summed E-state index contributed by atoms with van der Waals surface area (Å²) in [6.45, 7) is 6.27. The maximum atomic E-state index is 13.9. The second-order valence-corrected chi connectivity index (χ2v) is 7.08. The van der Waals surface area contributed by atoms with E-state index >= 15 is 0 Å². The normalized spacial score (nSPS) is 19.6. The van der Waals surface area contributed by atoms with Gasteiger partial charge in [0.1, 0.15) is 11.3 Å². The number of aliphatic imine (C=N–C) groups is 1. The topological polar surface area (TPSA) is 25.2 Å². The Balaban J connectivity index is 1.94. The lowest BCUT2D eigenvalue weighted by molar-refractivity contribution is 0.605. The van der Waals surface area contributed by atoms with Crippen molar-refractivity contribution in [2.45, 2.75) is 32.7 Å². The third-order valence-electron chi connectivity index (χ3n) is 5.07. The van der Waals surface area contributed by atoms with E-state index in [1.165, 1.54) is 6.07 Å². The third-order valence-corrected chi connectivity index (χ3v) is 5.58. The summed E-state index contributed by atoms with van der Waals surface area (Å²) in [4.78, 5) is 9.22. The third kappa shape index (κ3) is 2.54. The maximum Gasteiger partial charge on any atom is 0.149 e. The van der Waals surface area contributed by atoms with Crippen LogP contribution in [0, 0.1) is 12.7 Å². The number of halogens is 2. The highest BCUT2D eigenvalue weighted by Crippen LogP contribution is 2.38.